The molecule has 33 heavy (non-hydrogen) atoms. The van der Waals surface area contributed by atoms with Gasteiger partial charge in [0.15, 0.2) is 0 Å². The van der Waals surface area contributed by atoms with Crippen LogP contribution in [0.4, 0.5) is 4.39 Å². The number of benzene rings is 2. The summed E-state index contributed by atoms with van der Waals surface area (Å²) in [7, 11) is 1.65. The third-order valence-corrected chi connectivity index (χ3v) is 7.65. The number of hydrogen-bond acceptors (Lipinski definition) is 4. The fraction of sp³-hybridized carbons (Fsp3) is 0.444. The molecule has 6 heteroatoms. The molecule has 3 aliphatic rings. The van der Waals surface area contributed by atoms with E-state index in [1.165, 1.54) is 5.56 Å². The van der Waals surface area contributed by atoms with Crippen LogP contribution in [0.3, 0.4) is 0 Å². The summed E-state index contributed by atoms with van der Waals surface area (Å²) in [4.78, 5) is 13.1. The summed E-state index contributed by atoms with van der Waals surface area (Å²) in [5, 5.41) is 3.18. The fourth-order valence-corrected chi connectivity index (χ4v) is 5.29. The number of ether oxygens (including phenoxy) is 2. The van der Waals surface area contributed by atoms with Gasteiger partial charge in [0.1, 0.15) is 18.1 Å². The Bertz CT molecular complexity index is 961. The van der Waals surface area contributed by atoms with E-state index < -0.39 is 0 Å². The molecule has 0 aromatic heterocycles. The maximum absolute atomic E-state index is 13.1. The Hall–Kier alpha value is -2.86. The van der Waals surface area contributed by atoms with Crippen molar-refractivity contribution < 1.29 is 18.7 Å². The third-order valence-electron chi connectivity index (χ3n) is 7.65. The quantitative estimate of drug-likeness (QED) is 0.574. The van der Waals surface area contributed by atoms with E-state index >= 15 is 0 Å². The molecular formula is C27H33FN2O3. The summed E-state index contributed by atoms with van der Waals surface area (Å²) in [6.07, 6.45) is 6.32. The van der Waals surface area contributed by atoms with Crippen molar-refractivity contribution in [1.29, 1.82) is 0 Å². The van der Waals surface area contributed by atoms with Crippen LogP contribution in [0.25, 0.3) is 0 Å². The summed E-state index contributed by atoms with van der Waals surface area (Å²) < 4.78 is 23.5. The lowest BCUT2D eigenvalue weighted by atomic mass is 9.51. The normalized spacial score (nSPS) is 24.4. The van der Waals surface area contributed by atoms with Crippen LogP contribution < -0.4 is 20.5 Å². The molecule has 0 saturated heterocycles. The number of rotatable bonds is 9. The zero-order valence-electron chi connectivity index (χ0n) is 19.2. The minimum atomic E-state index is -0.241. The van der Waals surface area contributed by atoms with E-state index in [0.29, 0.717) is 24.2 Å². The van der Waals surface area contributed by atoms with Crippen molar-refractivity contribution in [2.45, 2.75) is 50.5 Å². The monoisotopic (exact) mass is 452 g/mol. The van der Waals surface area contributed by atoms with Gasteiger partial charge in [-0.3, -0.25) is 4.79 Å². The first-order valence-electron chi connectivity index (χ1n) is 11.7. The topological polar surface area (TPSA) is 73.6 Å². The highest BCUT2D eigenvalue weighted by atomic mass is 19.1. The van der Waals surface area contributed by atoms with E-state index in [2.05, 4.69) is 17.4 Å². The molecular weight excluding hydrogens is 419 g/mol. The molecule has 176 valence electrons. The molecule has 5 rings (SSSR count). The van der Waals surface area contributed by atoms with Gasteiger partial charge in [0, 0.05) is 24.1 Å². The van der Waals surface area contributed by atoms with Crippen molar-refractivity contribution in [2.75, 3.05) is 20.3 Å². The lowest BCUT2D eigenvalue weighted by Gasteiger charge is -2.52. The van der Waals surface area contributed by atoms with Gasteiger partial charge in [-0.15, -0.1) is 0 Å². The average molecular weight is 453 g/mol. The zero-order chi connectivity index (χ0) is 23.3. The molecule has 0 atom stereocenters. The van der Waals surface area contributed by atoms with Crippen LogP contribution in [0.1, 0.15) is 49.7 Å². The predicted molar refractivity (Wildman–Crippen MR) is 127 cm³/mol. The van der Waals surface area contributed by atoms with Crippen LogP contribution >= 0.6 is 0 Å². The summed E-state index contributed by atoms with van der Waals surface area (Å²) in [5.41, 5.74) is 8.18. The van der Waals surface area contributed by atoms with E-state index in [9.17, 15) is 9.18 Å². The zero-order valence-corrected chi connectivity index (χ0v) is 19.2. The van der Waals surface area contributed by atoms with E-state index in [4.69, 9.17) is 15.2 Å². The standard InChI is InChI=1S/C27H33FN2O3/c1-32-23-6-2-20(3-7-23)18-30-25(31)27-13-10-26(11-14-27,12-15-27)22-4-8-24(9-5-22)33-19-21(16-28)17-29/h2-9,16H,10-15,17-19,29H2,1H3,(H,30,31). The molecule has 0 heterocycles. The molecule has 3 N–H and O–H groups in total. The molecule has 3 aliphatic carbocycles. The first-order chi connectivity index (χ1) is 16.0. The van der Waals surface area contributed by atoms with Gasteiger partial charge >= 0.3 is 0 Å². The maximum atomic E-state index is 13.1. The number of methoxy groups -OCH3 is 1. The lowest BCUT2D eigenvalue weighted by Crippen LogP contribution is -2.51. The van der Waals surface area contributed by atoms with Gasteiger partial charge in [0.05, 0.1) is 13.4 Å². The first kappa shape index (κ1) is 23.3. The number of carbonyl (C=O) groups is 1. The van der Waals surface area contributed by atoms with Crippen LogP contribution in [-0.4, -0.2) is 26.2 Å². The second-order valence-electron chi connectivity index (χ2n) is 9.38. The van der Waals surface area contributed by atoms with Gasteiger partial charge in [-0.2, -0.15) is 0 Å². The number of fused-ring (bicyclic) bond motifs is 3. The molecule has 0 aliphatic heterocycles. The molecule has 2 aromatic carbocycles. The van der Waals surface area contributed by atoms with Crippen LogP contribution in [0.5, 0.6) is 11.5 Å². The molecule has 3 saturated carbocycles. The van der Waals surface area contributed by atoms with Crippen molar-refractivity contribution in [3.63, 3.8) is 0 Å². The van der Waals surface area contributed by atoms with E-state index in [1.54, 1.807) is 7.11 Å². The molecule has 1 amide bonds. The molecule has 0 unspecified atom stereocenters. The highest BCUT2D eigenvalue weighted by molar-refractivity contribution is 5.83. The highest BCUT2D eigenvalue weighted by Gasteiger charge is 2.52. The molecule has 0 radical (unpaired) electrons. The fourth-order valence-electron chi connectivity index (χ4n) is 5.29. The lowest BCUT2D eigenvalue weighted by molar-refractivity contribution is -0.138. The Kier molecular flexibility index (Phi) is 7.03. The van der Waals surface area contributed by atoms with Crippen LogP contribution in [-0.2, 0) is 16.8 Å². The number of nitrogens with two attached hydrogens (primary N) is 1. The number of halogens is 1. The van der Waals surface area contributed by atoms with Gasteiger partial charge in [0.2, 0.25) is 5.91 Å². The molecule has 0 spiro atoms. The Morgan fingerprint density at radius 3 is 2.15 bits per heavy atom. The van der Waals surface area contributed by atoms with Crippen molar-refractivity contribution in [2.24, 2.45) is 11.1 Å². The average Bonchev–Trinajstić information content (AvgIpc) is 2.89. The smallest absolute Gasteiger partial charge is 0.226 e. The third kappa shape index (κ3) is 4.91. The second-order valence-corrected chi connectivity index (χ2v) is 9.38. The Labute approximate surface area is 195 Å². The first-order valence-corrected chi connectivity index (χ1v) is 11.7. The van der Waals surface area contributed by atoms with E-state index in [1.807, 2.05) is 36.4 Å². The summed E-state index contributed by atoms with van der Waals surface area (Å²) in [6.45, 7) is 0.847. The minimum Gasteiger partial charge on any atom is -0.497 e. The number of carbonyl (C=O) groups excluding carboxylic acids is 1. The van der Waals surface area contributed by atoms with Gasteiger partial charge in [-0.05, 0) is 79.3 Å². The number of amides is 1. The van der Waals surface area contributed by atoms with Gasteiger partial charge in [0.25, 0.3) is 0 Å². The minimum absolute atomic E-state index is 0.137. The largest absolute Gasteiger partial charge is 0.497 e. The Balaban J connectivity index is 1.33. The van der Waals surface area contributed by atoms with Crippen LogP contribution in [0.2, 0.25) is 0 Å². The van der Waals surface area contributed by atoms with Gasteiger partial charge in [-0.1, -0.05) is 24.3 Å². The van der Waals surface area contributed by atoms with Crippen LogP contribution in [0.15, 0.2) is 60.4 Å². The SMILES string of the molecule is COc1ccc(CNC(=O)C23CCC(c4ccc(OCC(=CF)CN)cc4)(CC2)CC3)cc1. The number of nitrogens with one attached hydrogen (secondary N) is 1. The van der Waals surface area contributed by atoms with E-state index in [0.717, 1.165) is 49.8 Å². The van der Waals surface area contributed by atoms with Crippen molar-refractivity contribution in [3.05, 3.63) is 71.6 Å². The predicted octanol–water partition coefficient (Wildman–Crippen LogP) is 4.79. The Morgan fingerprint density at radius 1 is 1.00 bits per heavy atom. The maximum Gasteiger partial charge on any atom is 0.226 e. The van der Waals surface area contributed by atoms with Crippen molar-refractivity contribution >= 4 is 5.91 Å². The van der Waals surface area contributed by atoms with Gasteiger partial charge < -0.3 is 20.5 Å². The highest BCUT2D eigenvalue weighted by Crippen LogP contribution is 2.57. The number of hydrogen-bond donors (Lipinski definition) is 2. The molecule has 2 aromatic rings. The molecule has 2 bridgehead atoms. The van der Waals surface area contributed by atoms with Crippen molar-refractivity contribution in [1.82, 2.24) is 5.32 Å². The van der Waals surface area contributed by atoms with Gasteiger partial charge in [-0.25, -0.2) is 4.39 Å². The molecule has 3 fully saturated rings. The summed E-state index contributed by atoms with van der Waals surface area (Å²) >= 11 is 0. The summed E-state index contributed by atoms with van der Waals surface area (Å²) in [6, 6.07) is 16.0. The molecule has 5 nitrogen and oxygen atoms in total. The summed E-state index contributed by atoms with van der Waals surface area (Å²) in [5.74, 6) is 1.71. The Morgan fingerprint density at radius 2 is 1.61 bits per heavy atom. The van der Waals surface area contributed by atoms with Crippen molar-refractivity contribution in [3.8, 4) is 11.5 Å². The van der Waals surface area contributed by atoms with Crippen LogP contribution in [0, 0.1) is 5.41 Å². The second kappa shape index (κ2) is 9.96. The van der Waals surface area contributed by atoms with E-state index in [-0.39, 0.29) is 29.9 Å².